The van der Waals surface area contributed by atoms with Gasteiger partial charge in [0.15, 0.2) is 0 Å². The van der Waals surface area contributed by atoms with E-state index in [0.717, 1.165) is 22.9 Å². The van der Waals surface area contributed by atoms with Crippen molar-refractivity contribution in [3.8, 4) is 0 Å². The van der Waals surface area contributed by atoms with E-state index < -0.39 is 6.10 Å². The van der Waals surface area contributed by atoms with Crippen LogP contribution in [0.25, 0.3) is 0 Å². The Morgan fingerprint density at radius 3 is 2.67 bits per heavy atom. The van der Waals surface area contributed by atoms with Crippen molar-refractivity contribution in [1.29, 1.82) is 0 Å². The summed E-state index contributed by atoms with van der Waals surface area (Å²) < 4.78 is 1.03. The van der Waals surface area contributed by atoms with Gasteiger partial charge in [0.1, 0.15) is 0 Å². The summed E-state index contributed by atoms with van der Waals surface area (Å²) in [6.45, 7) is 4.06. The number of anilines is 2. The van der Waals surface area contributed by atoms with E-state index in [1.54, 1.807) is 6.92 Å². The molecular weight excluding hydrogens is 326 g/mol. The van der Waals surface area contributed by atoms with E-state index in [4.69, 9.17) is 0 Å². The fraction of sp³-hybridized carbons (Fsp3) is 0.333. The Morgan fingerprint density at radius 2 is 1.95 bits per heavy atom. The lowest BCUT2D eigenvalue weighted by molar-refractivity contribution is 0.199. The van der Waals surface area contributed by atoms with Crippen LogP contribution in [0.3, 0.4) is 0 Å². The minimum Gasteiger partial charge on any atom is -0.389 e. The van der Waals surface area contributed by atoms with Crippen LogP contribution >= 0.6 is 15.9 Å². The van der Waals surface area contributed by atoms with Crippen LogP contribution in [-0.2, 0) is 6.42 Å². The fourth-order valence-electron chi connectivity index (χ4n) is 3.03. The van der Waals surface area contributed by atoms with E-state index >= 15 is 0 Å². The summed E-state index contributed by atoms with van der Waals surface area (Å²) in [6, 6.07) is 15.2. The van der Waals surface area contributed by atoms with Gasteiger partial charge in [-0.25, -0.2) is 0 Å². The lowest BCUT2D eigenvalue weighted by Gasteiger charge is -2.37. The Labute approximate surface area is 134 Å². The predicted octanol–water partition coefficient (Wildman–Crippen LogP) is 4.98. The molecule has 0 fully saturated rings. The van der Waals surface area contributed by atoms with Crippen LogP contribution in [-0.4, -0.2) is 11.1 Å². The molecular formula is C18H20BrNO. The number of nitrogens with zero attached hydrogens (tertiary/aromatic N) is 1. The molecule has 0 amide bonds. The number of para-hydroxylation sites is 1. The largest absolute Gasteiger partial charge is 0.389 e. The Morgan fingerprint density at radius 1 is 1.19 bits per heavy atom. The quantitative estimate of drug-likeness (QED) is 0.829. The van der Waals surface area contributed by atoms with Gasteiger partial charge in [-0.05, 0) is 71.9 Å². The second-order valence-electron chi connectivity index (χ2n) is 5.77. The predicted molar refractivity (Wildman–Crippen MR) is 91.1 cm³/mol. The molecule has 3 rings (SSSR count). The van der Waals surface area contributed by atoms with E-state index in [-0.39, 0.29) is 0 Å². The first-order valence-electron chi connectivity index (χ1n) is 7.42. The maximum absolute atomic E-state index is 9.72. The monoisotopic (exact) mass is 345 g/mol. The number of aliphatic hydroxyl groups excluding tert-OH is 1. The van der Waals surface area contributed by atoms with Gasteiger partial charge in [0.2, 0.25) is 0 Å². The third-order valence-electron chi connectivity index (χ3n) is 4.24. The Balaban J connectivity index is 2.07. The molecule has 110 valence electrons. The zero-order chi connectivity index (χ0) is 15.0. The Kier molecular flexibility index (Phi) is 4.05. The smallest absolute Gasteiger partial charge is 0.0762 e. The fourth-order valence-corrected chi connectivity index (χ4v) is 3.62. The highest BCUT2D eigenvalue weighted by Gasteiger charge is 2.25. The van der Waals surface area contributed by atoms with E-state index in [1.807, 2.05) is 12.1 Å². The van der Waals surface area contributed by atoms with E-state index in [0.29, 0.717) is 6.04 Å². The number of fused-ring (bicyclic) bond motifs is 1. The van der Waals surface area contributed by atoms with Crippen molar-refractivity contribution in [2.75, 3.05) is 4.90 Å². The van der Waals surface area contributed by atoms with Gasteiger partial charge in [0.25, 0.3) is 0 Å². The molecule has 1 heterocycles. The van der Waals surface area contributed by atoms with Gasteiger partial charge in [-0.1, -0.05) is 24.3 Å². The average molecular weight is 346 g/mol. The van der Waals surface area contributed by atoms with Gasteiger partial charge in [-0.2, -0.15) is 0 Å². The molecule has 2 aromatic carbocycles. The number of rotatable bonds is 2. The lowest BCUT2D eigenvalue weighted by atomic mass is 9.95. The van der Waals surface area contributed by atoms with Crippen LogP contribution in [0.15, 0.2) is 46.9 Å². The zero-order valence-electron chi connectivity index (χ0n) is 12.4. The summed E-state index contributed by atoms with van der Waals surface area (Å²) in [5, 5.41) is 9.72. The zero-order valence-corrected chi connectivity index (χ0v) is 14.0. The highest BCUT2D eigenvalue weighted by atomic mass is 79.9. The van der Waals surface area contributed by atoms with Gasteiger partial charge in [0.05, 0.1) is 11.8 Å². The van der Waals surface area contributed by atoms with Crippen LogP contribution in [0.5, 0.6) is 0 Å². The molecule has 0 spiro atoms. The van der Waals surface area contributed by atoms with Crippen LogP contribution in [0, 0.1) is 0 Å². The van der Waals surface area contributed by atoms with E-state index in [9.17, 15) is 5.11 Å². The van der Waals surface area contributed by atoms with Gasteiger partial charge in [-0.3, -0.25) is 0 Å². The first kappa shape index (κ1) is 14.6. The normalized spacial score (nSPS) is 19.2. The minimum absolute atomic E-state index is 0.443. The van der Waals surface area contributed by atoms with Crippen LogP contribution in [0.1, 0.15) is 37.5 Å². The molecule has 0 bridgehead atoms. The SMILES string of the molecule is CC1CCc2ccccc2N1c1ccc([C@H](C)O)cc1Br. The van der Waals surface area contributed by atoms with Crippen molar-refractivity contribution < 1.29 is 5.11 Å². The van der Waals surface area contributed by atoms with Crippen LogP contribution < -0.4 is 4.90 Å². The van der Waals surface area contributed by atoms with Crippen LogP contribution in [0.4, 0.5) is 11.4 Å². The Bertz CT molecular complexity index is 653. The van der Waals surface area contributed by atoms with Gasteiger partial charge < -0.3 is 10.0 Å². The summed E-state index contributed by atoms with van der Waals surface area (Å²) in [4.78, 5) is 2.40. The van der Waals surface area contributed by atoms with Crippen molar-refractivity contribution in [3.63, 3.8) is 0 Å². The summed E-state index contributed by atoms with van der Waals surface area (Å²) in [5.74, 6) is 0. The number of aryl methyl sites for hydroxylation is 1. The standard InChI is InChI=1S/C18H20BrNO/c1-12-7-8-14-5-3-4-6-17(14)20(12)18-10-9-15(13(2)21)11-16(18)19/h3-6,9-13,21H,7-8H2,1-2H3/t12?,13-/m0/s1. The Hall–Kier alpha value is -1.32. The summed E-state index contributed by atoms with van der Waals surface area (Å²) in [7, 11) is 0. The summed E-state index contributed by atoms with van der Waals surface area (Å²) >= 11 is 3.68. The molecule has 1 aliphatic rings. The third kappa shape index (κ3) is 2.72. The number of hydrogen-bond acceptors (Lipinski definition) is 2. The molecule has 0 saturated heterocycles. The van der Waals surface area contributed by atoms with Crippen molar-refractivity contribution in [2.45, 2.75) is 38.8 Å². The molecule has 0 aromatic heterocycles. The molecule has 0 radical (unpaired) electrons. The van der Waals surface area contributed by atoms with Gasteiger partial charge >= 0.3 is 0 Å². The average Bonchev–Trinajstić information content (AvgIpc) is 2.48. The highest BCUT2D eigenvalue weighted by molar-refractivity contribution is 9.10. The highest BCUT2D eigenvalue weighted by Crippen LogP contribution is 2.40. The first-order valence-corrected chi connectivity index (χ1v) is 8.22. The molecule has 2 atom stereocenters. The van der Waals surface area contributed by atoms with E-state index in [2.05, 4.69) is 58.1 Å². The third-order valence-corrected chi connectivity index (χ3v) is 4.87. The van der Waals surface area contributed by atoms with Gasteiger partial charge in [0, 0.05) is 16.2 Å². The molecule has 1 aliphatic heterocycles. The molecule has 0 aliphatic carbocycles. The van der Waals surface area contributed by atoms with Crippen molar-refractivity contribution in [3.05, 3.63) is 58.1 Å². The maximum Gasteiger partial charge on any atom is 0.0762 e. The summed E-state index contributed by atoms with van der Waals surface area (Å²) in [6.07, 6.45) is 1.85. The molecule has 2 nitrogen and oxygen atoms in total. The van der Waals surface area contributed by atoms with Crippen molar-refractivity contribution in [1.82, 2.24) is 0 Å². The number of aliphatic hydroxyl groups is 1. The number of halogens is 1. The number of hydrogen-bond donors (Lipinski definition) is 1. The molecule has 3 heteroatoms. The van der Waals surface area contributed by atoms with Crippen molar-refractivity contribution in [2.24, 2.45) is 0 Å². The number of benzene rings is 2. The van der Waals surface area contributed by atoms with Crippen molar-refractivity contribution >= 4 is 27.3 Å². The molecule has 21 heavy (non-hydrogen) atoms. The van der Waals surface area contributed by atoms with E-state index in [1.165, 1.54) is 16.9 Å². The maximum atomic E-state index is 9.72. The first-order chi connectivity index (χ1) is 10.1. The minimum atomic E-state index is -0.443. The molecule has 1 N–H and O–H groups in total. The second kappa shape index (κ2) is 5.82. The molecule has 2 aromatic rings. The lowest BCUT2D eigenvalue weighted by Crippen LogP contribution is -2.33. The molecule has 0 saturated carbocycles. The molecule has 1 unspecified atom stereocenters. The van der Waals surface area contributed by atoms with Crippen LogP contribution in [0.2, 0.25) is 0 Å². The second-order valence-corrected chi connectivity index (χ2v) is 6.63. The topological polar surface area (TPSA) is 23.5 Å². The van der Waals surface area contributed by atoms with Gasteiger partial charge in [-0.15, -0.1) is 0 Å². The summed E-state index contributed by atoms with van der Waals surface area (Å²) in [5.41, 5.74) is 4.80.